The third-order valence-electron chi connectivity index (χ3n) is 3.62. The average molecular weight is 253 g/mol. The molecule has 0 radical (unpaired) electrons. The van der Waals surface area contributed by atoms with Crippen LogP contribution in [0.15, 0.2) is 34.8 Å². The van der Waals surface area contributed by atoms with Crippen molar-refractivity contribution in [2.24, 2.45) is 11.3 Å². The zero-order valence-corrected chi connectivity index (χ0v) is 11.3. The van der Waals surface area contributed by atoms with E-state index in [1.165, 1.54) is 7.05 Å². The van der Waals surface area contributed by atoms with Gasteiger partial charge in [-0.15, -0.1) is 0 Å². The minimum atomic E-state index is -3.35. The summed E-state index contributed by atoms with van der Waals surface area (Å²) in [5, 5.41) is 0. The molecule has 0 amide bonds. The first-order valence-electron chi connectivity index (χ1n) is 5.92. The van der Waals surface area contributed by atoms with Gasteiger partial charge in [0.15, 0.2) is 0 Å². The SMILES string of the molecule is CNS(=O)(=O)/C1=C2/C(/C=C\CCC=C1)C2(C)C. The second-order valence-corrected chi connectivity index (χ2v) is 6.95. The van der Waals surface area contributed by atoms with Gasteiger partial charge in [0.2, 0.25) is 10.0 Å². The number of nitrogens with one attached hydrogen (secondary N) is 1. The molecule has 3 nitrogen and oxygen atoms in total. The van der Waals surface area contributed by atoms with Crippen molar-refractivity contribution in [1.29, 1.82) is 0 Å². The van der Waals surface area contributed by atoms with Gasteiger partial charge in [0.1, 0.15) is 0 Å². The van der Waals surface area contributed by atoms with E-state index in [1.807, 2.05) is 6.08 Å². The van der Waals surface area contributed by atoms with Gasteiger partial charge in [0.25, 0.3) is 0 Å². The molecule has 0 saturated heterocycles. The highest BCUT2D eigenvalue weighted by Gasteiger charge is 2.53. The summed E-state index contributed by atoms with van der Waals surface area (Å²) >= 11 is 0. The summed E-state index contributed by atoms with van der Waals surface area (Å²) in [6.45, 7) is 4.19. The number of allylic oxidation sites excluding steroid dienone is 5. The average Bonchev–Trinajstić information content (AvgIpc) is 2.76. The normalized spacial score (nSPS) is 33.2. The lowest BCUT2D eigenvalue weighted by Crippen LogP contribution is -2.20. The van der Waals surface area contributed by atoms with E-state index in [-0.39, 0.29) is 11.3 Å². The van der Waals surface area contributed by atoms with Crippen LogP contribution in [-0.4, -0.2) is 15.5 Å². The number of hydrogen-bond acceptors (Lipinski definition) is 2. The van der Waals surface area contributed by atoms with Crippen molar-refractivity contribution >= 4 is 10.0 Å². The van der Waals surface area contributed by atoms with Crippen molar-refractivity contribution in [1.82, 2.24) is 4.72 Å². The van der Waals surface area contributed by atoms with Gasteiger partial charge >= 0.3 is 0 Å². The highest BCUT2D eigenvalue weighted by molar-refractivity contribution is 7.93. The summed E-state index contributed by atoms with van der Waals surface area (Å²) < 4.78 is 26.4. The predicted octanol–water partition coefficient (Wildman–Crippen LogP) is 2.35. The predicted molar refractivity (Wildman–Crippen MR) is 69.8 cm³/mol. The summed E-state index contributed by atoms with van der Waals surface area (Å²) in [5.74, 6) is 0.267. The Hall–Kier alpha value is -0.870. The van der Waals surface area contributed by atoms with E-state index in [0.29, 0.717) is 4.91 Å². The zero-order chi connectivity index (χ0) is 12.7. The minimum absolute atomic E-state index is 0.0303. The molecule has 2 rings (SSSR count). The third kappa shape index (κ3) is 2.11. The fourth-order valence-electron chi connectivity index (χ4n) is 2.44. The highest BCUT2D eigenvalue weighted by atomic mass is 32.2. The second-order valence-electron chi connectivity index (χ2n) is 5.09. The fraction of sp³-hybridized carbons (Fsp3) is 0.538. The van der Waals surface area contributed by atoms with Crippen molar-refractivity contribution in [2.75, 3.05) is 7.05 Å². The monoisotopic (exact) mass is 253 g/mol. The highest BCUT2D eigenvalue weighted by Crippen LogP contribution is 2.61. The van der Waals surface area contributed by atoms with Crippen LogP contribution in [-0.2, 0) is 10.0 Å². The van der Waals surface area contributed by atoms with E-state index in [0.717, 1.165) is 18.4 Å². The van der Waals surface area contributed by atoms with E-state index in [4.69, 9.17) is 0 Å². The largest absolute Gasteiger partial charge is 0.240 e. The van der Waals surface area contributed by atoms with Crippen LogP contribution in [0.1, 0.15) is 26.7 Å². The molecule has 94 valence electrons. The van der Waals surface area contributed by atoms with Gasteiger partial charge < -0.3 is 0 Å². The van der Waals surface area contributed by atoms with E-state index >= 15 is 0 Å². The van der Waals surface area contributed by atoms with Gasteiger partial charge in [-0.05, 0) is 37.0 Å². The maximum absolute atomic E-state index is 12.0. The molecule has 0 aliphatic heterocycles. The molecule has 1 atom stereocenters. The van der Waals surface area contributed by atoms with Crippen LogP contribution < -0.4 is 4.72 Å². The Morgan fingerprint density at radius 1 is 1.29 bits per heavy atom. The Morgan fingerprint density at radius 2 is 1.94 bits per heavy atom. The Labute approximate surface area is 103 Å². The van der Waals surface area contributed by atoms with Gasteiger partial charge in [-0.2, -0.15) is 0 Å². The van der Waals surface area contributed by atoms with Crippen LogP contribution in [0, 0.1) is 11.3 Å². The first-order valence-corrected chi connectivity index (χ1v) is 7.41. The van der Waals surface area contributed by atoms with Crippen LogP contribution in [0.4, 0.5) is 0 Å². The molecule has 1 fully saturated rings. The van der Waals surface area contributed by atoms with Crippen molar-refractivity contribution in [2.45, 2.75) is 26.7 Å². The Morgan fingerprint density at radius 3 is 2.59 bits per heavy atom. The van der Waals surface area contributed by atoms with E-state index < -0.39 is 10.0 Å². The Balaban J connectivity index is 2.56. The molecule has 0 aromatic rings. The molecule has 1 N–H and O–H groups in total. The standard InChI is InChI=1S/C13H19NO2S/c1-13(2)10-8-6-4-5-7-9-11(12(10)13)17(15,16)14-3/h6-10,14H,4-5H2,1-3H3/b8-6-,9-7?,12-11-. The molecular weight excluding hydrogens is 234 g/mol. The molecular formula is C13H19NO2S. The first-order chi connectivity index (χ1) is 7.91. The van der Waals surface area contributed by atoms with E-state index in [1.54, 1.807) is 6.08 Å². The second kappa shape index (κ2) is 4.10. The van der Waals surface area contributed by atoms with Crippen molar-refractivity contribution < 1.29 is 8.42 Å². The Kier molecular flexibility index (Phi) is 3.04. The molecule has 0 aromatic carbocycles. The van der Waals surface area contributed by atoms with Gasteiger partial charge in [-0.1, -0.05) is 32.1 Å². The summed E-state index contributed by atoms with van der Waals surface area (Å²) in [6, 6.07) is 0. The topological polar surface area (TPSA) is 46.2 Å². The van der Waals surface area contributed by atoms with Gasteiger partial charge in [-0.3, -0.25) is 0 Å². The van der Waals surface area contributed by atoms with Crippen LogP contribution in [0.3, 0.4) is 0 Å². The third-order valence-corrected chi connectivity index (χ3v) is 5.09. The van der Waals surface area contributed by atoms with Crippen LogP contribution in [0.5, 0.6) is 0 Å². The zero-order valence-electron chi connectivity index (χ0n) is 10.5. The van der Waals surface area contributed by atoms with Gasteiger partial charge in [-0.25, -0.2) is 13.1 Å². The molecule has 4 heteroatoms. The maximum Gasteiger partial charge on any atom is 0.240 e. The molecule has 1 saturated carbocycles. The number of sulfonamides is 1. The molecule has 17 heavy (non-hydrogen) atoms. The summed E-state index contributed by atoms with van der Waals surface area (Å²) in [5.41, 5.74) is 0.999. The lowest BCUT2D eigenvalue weighted by Gasteiger charge is -2.04. The number of fused-ring (bicyclic) bond motifs is 1. The fourth-order valence-corrected chi connectivity index (χ4v) is 3.61. The molecule has 2 aliphatic carbocycles. The van der Waals surface area contributed by atoms with E-state index in [2.05, 4.69) is 30.7 Å². The Bertz CT molecular complexity index is 510. The smallest absolute Gasteiger partial charge is 0.214 e. The summed E-state index contributed by atoms with van der Waals surface area (Å²) in [4.78, 5) is 0.460. The van der Waals surface area contributed by atoms with Crippen molar-refractivity contribution in [3.05, 3.63) is 34.8 Å². The van der Waals surface area contributed by atoms with Crippen LogP contribution in [0.2, 0.25) is 0 Å². The maximum atomic E-state index is 12.0. The molecule has 1 unspecified atom stereocenters. The van der Waals surface area contributed by atoms with Crippen LogP contribution in [0.25, 0.3) is 0 Å². The lowest BCUT2D eigenvalue weighted by atomic mass is 10.1. The van der Waals surface area contributed by atoms with Gasteiger partial charge in [0.05, 0.1) is 4.91 Å². The van der Waals surface area contributed by atoms with Crippen LogP contribution >= 0.6 is 0 Å². The minimum Gasteiger partial charge on any atom is -0.214 e. The van der Waals surface area contributed by atoms with Gasteiger partial charge in [0, 0.05) is 5.92 Å². The molecule has 0 heterocycles. The summed E-state index contributed by atoms with van der Waals surface area (Å²) in [7, 11) is -1.88. The van der Waals surface area contributed by atoms with E-state index in [9.17, 15) is 8.42 Å². The molecule has 2 aliphatic rings. The molecule has 0 bridgehead atoms. The van der Waals surface area contributed by atoms with Crippen molar-refractivity contribution in [3.8, 4) is 0 Å². The summed E-state index contributed by atoms with van der Waals surface area (Å²) in [6.07, 6.45) is 9.86. The quantitative estimate of drug-likeness (QED) is 0.768. The number of rotatable bonds is 2. The number of hydrogen-bond donors (Lipinski definition) is 1. The molecule has 0 spiro atoms. The lowest BCUT2D eigenvalue weighted by molar-refractivity contribution is 0.594. The van der Waals surface area contributed by atoms with Crippen molar-refractivity contribution in [3.63, 3.8) is 0 Å². The molecule has 0 aromatic heterocycles. The first kappa shape index (κ1) is 12.6.